The summed E-state index contributed by atoms with van der Waals surface area (Å²) in [6, 6.07) is 15.6. The Morgan fingerprint density at radius 2 is 1.65 bits per heavy atom. The molecule has 0 radical (unpaired) electrons. The average molecular weight is 530 g/mol. The first-order chi connectivity index (χ1) is 17.7. The quantitative estimate of drug-likeness (QED) is 0.363. The standard InChI is InChI=1S/C28H39N3O5S/c1-21(32)29-27(23-11-7-4-8-12-23)19-28(33)30-25(14-13-22-9-5-3-6-10-22)20-37(34,35)31-24-15-17-26(36-2)18-16-24/h3,5-6,9-10,15-18,23,25,27,31H,4,7-8,11-14,19-20H2,1-2H3,(H,29,32)(H,30,33). The molecule has 2 amide bonds. The zero-order valence-electron chi connectivity index (χ0n) is 21.7. The van der Waals surface area contributed by atoms with Crippen LogP contribution in [0.5, 0.6) is 5.75 Å². The van der Waals surface area contributed by atoms with Gasteiger partial charge in [-0.25, -0.2) is 8.42 Å². The van der Waals surface area contributed by atoms with E-state index in [9.17, 15) is 18.0 Å². The van der Waals surface area contributed by atoms with Gasteiger partial charge in [0.15, 0.2) is 0 Å². The second-order valence-electron chi connectivity index (χ2n) is 9.81. The topological polar surface area (TPSA) is 114 Å². The number of hydrogen-bond donors (Lipinski definition) is 3. The fourth-order valence-corrected chi connectivity index (χ4v) is 6.31. The lowest BCUT2D eigenvalue weighted by Crippen LogP contribution is -2.47. The van der Waals surface area contributed by atoms with Crippen LogP contribution in [0.1, 0.15) is 57.4 Å². The summed E-state index contributed by atoms with van der Waals surface area (Å²) in [6.07, 6.45) is 6.56. The van der Waals surface area contributed by atoms with Crippen molar-refractivity contribution in [3.8, 4) is 5.75 Å². The molecule has 3 N–H and O–H groups in total. The van der Waals surface area contributed by atoms with Crippen LogP contribution in [0.15, 0.2) is 54.6 Å². The van der Waals surface area contributed by atoms with Gasteiger partial charge in [-0.1, -0.05) is 49.6 Å². The molecule has 8 nitrogen and oxygen atoms in total. The molecule has 1 aliphatic carbocycles. The predicted octanol–water partition coefficient (Wildman–Crippen LogP) is 4.03. The van der Waals surface area contributed by atoms with Crippen LogP contribution in [0.4, 0.5) is 5.69 Å². The first-order valence-electron chi connectivity index (χ1n) is 13.0. The van der Waals surface area contributed by atoms with Gasteiger partial charge < -0.3 is 15.4 Å². The lowest BCUT2D eigenvalue weighted by molar-refractivity contribution is -0.123. The molecule has 0 aromatic heterocycles. The SMILES string of the molecule is COc1ccc(NS(=O)(=O)CC(CCc2ccccc2)NC(=O)CC(NC(C)=O)C2CCCCC2)cc1. The molecule has 37 heavy (non-hydrogen) atoms. The third-order valence-electron chi connectivity index (χ3n) is 6.79. The summed E-state index contributed by atoms with van der Waals surface area (Å²) in [6.45, 7) is 1.47. The van der Waals surface area contributed by atoms with Crippen LogP contribution >= 0.6 is 0 Å². The molecule has 2 aromatic rings. The largest absolute Gasteiger partial charge is 0.497 e. The van der Waals surface area contributed by atoms with Crippen LogP contribution in [0.3, 0.4) is 0 Å². The van der Waals surface area contributed by atoms with Crippen LogP contribution in [0.25, 0.3) is 0 Å². The normalized spacial score (nSPS) is 15.8. The fourth-order valence-electron chi connectivity index (χ4n) is 4.95. The molecule has 2 aromatic carbocycles. The minimum atomic E-state index is -3.75. The van der Waals surface area contributed by atoms with E-state index in [0.29, 0.717) is 24.3 Å². The number of amides is 2. The smallest absolute Gasteiger partial charge is 0.234 e. The van der Waals surface area contributed by atoms with Crippen molar-refractivity contribution < 1.29 is 22.7 Å². The van der Waals surface area contributed by atoms with Gasteiger partial charge in [-0.3, -0.25) is 14.3 Å². The van der Waals surface area contributed by atoms with Gasteiger partial charge in [0.05, 0.1) is 12.9 Å². The van der Waals surface area contributed by atoms with Crippen molar-refractivity contribution >= 4 is 27.5 Å². The van der Waals surface area contributed by atoms with Crippen LogP contribution in [0, 0.1) is 5.92 Å². The van der Waals surface area contributed by atoms with Gasteiger partial charge in [0.25, 0.3) is 0 Å². The predicted molar refractivity (Wildman–Crippen MR) is 146 cm³/mol. The summed E-state index contributed by atoms with van der Waals surface area (Å²) in [5.41, 5.74) is 1.50. The molecule has 202 valence electrons. The maximum absolute atomic E-state index is 13.1. The van der Waals surface area contributed by atoms with E-state index in [2.05, 4.69) is 15.4 Å². The molecule has 9 heteroatoms. The molecule has 0 spiro atoms. The first kappa shape index (κ1) is 28.5. The third kappa shape index (κ3) is 10.1. The molecule has 0 bridgehead atoms. The molecule has 1 saturated carbocycles. The van der Waals surface area contributed by atoms with Crippen LogP contribution in [-0.2, 0) is 26.0 Å². The number of methoxy groups -OCH3 is 1. The third-order valence-corrected chi connectivity index (χ3v) is 8.17. The van der Waals surface area contributed by atoms with Crippen molar-refractivity contribution in [2.45, 2.75) is 70.4 Å². The summed E-state index contributed by atoms with van der Waals surface area (Å²) in [5, 5.41) is 5.92. The Balaban J connectivity index is 1.68. The highest BCUT2D eigenvalue weighted by molar-refractivity contribution is 7.92. The summed E-state index contributed by atoms with van der Waals surface area (Å²) < 4.78 is 33.8. The Morgan fingerprint density at radius 1 is 0.973 bits per heavy atom. The Morgan fingerprint density at radius 3 is 2.27 bits per heavy atom. The number of rotatable bonds is 13. The number of aryl methyl sites for hydroxylation is 1. The van der Waals surface area contributed by atoms with E-state index in [-0.39, 0.29) is 35.9 Å². The second kappa shape index (κ2) is 14.0. The van der Waals surface area contributed by atoms with Crippen LogP contribution in [-0.4, -0.2) is 45.2 Å². The molecule has 2 atom stereocenters. The minimum Gasteiger partial charge on any atom is -0.497 e. The molecule has 0 saturated heterocycles. The van der Waals surface area contributed by atoms with Crippen molar-refractivity contribution in [1.82, 2.24) is 10.6 Å². The molecule has 0 aliphatic heterocycles. The highest BCUT2D eigenvalue weighted by Crippen LogP contribution is 2.28. The summed E-state index contributed by atoms with van der Waals surface area (Å²) in [4.78, 5) is 24.9. The summed E-state index contributed by atoms with van der Waals surface area (Å²) in [7, 11) is -2.20. The maximum atomic E-state index is 13.1. The van der Waals surface area contributed by atoms with E-state index in [1.54, 1.807) is 31.4 Å². The fraction of sp³-hybridized carbons (Fsp3) is 0.500. The van der Waals surface area contributed by atoms with Gasteiger partial charge in [-0.15, -0.1) is 0 Å². The summed E-state index contributed by atoms with van der Waals surface area (Å²) >= 11 is 0. The van der Waals surface area contributed by atoms with Crippen molar-refractivity contribution in [3.05, 3.63) is 60.2 Å². The first-order valence-corrected chi connectivity index (χ1v) is 14.6. The van der Waals surface area contributed by atoms with Crippen molar-refractivity contribution in [2.75, 3.05) is 17.6 Å². The minimum absolute atomic E-state index is 0.137. The maximum Gasteiger partial charge on any atom is 0.234 e. The number of sulfonamides is 1. The molecular weight excluding hydrogens is 490 g/mol. The van der Waals surface area contributed by atoms with E-state index < -0.39 is 16.1 Å². The van der Waals surface area contributed by atoms with Gasteiger partial charge in [0.2, 0.25) is 21.8 Å². The number of carbonyl (C=O) groups is 2. The van der Waals surface area contributed by atoms with Crippen LogP contribution in [0.2, 0.25) is 0 Å². The molecular formula is C28H39N3O5S. The molecule has 3 rings (SSSR count). The van der Waals surface area contributed by atoms with Gasteiger partial charge in [-0.05, 0) is 61.4 Å². The average Bonchev–Trinajstić information content (AvgIpc) is 2.88. The van der Waals surface area contributed by atoms with E-state index in [1.807, 2.05) is 30.3 Å². The second-order valence-corrected chi connectivity index (χ2v) is 11.6. The van der Waals surface area contributed by atoms with Gasteiger partial charge in [0.1, 0.15) is 5.75 Å². The van der Waals surface area contributed by atoms with Gasteiger partial charge >= 0.3 is 0 Å². The Bertz CT molecular complexity index is 1100. The van der Waals surface area contributed by atoms with E-state index in [4.69, 9.17) is 4.74 Å². The number of benzene rings is 2. The Kier molecular flexibility index (Phi) is 10.8. The zero-order chi connectivity index (χ0) is 26.7. The van der Waals surface area contributed by atoms with Gasteiger partial charge in [0, 0.05) is 31.1 Å². The van der Waals surface area contributed by atoms with Crippen LogP contribution < -0.4 is 20.1 Å². The van der Waals surface area contributed by atoms with E-state index in [1.165, 1.54) is 13.3 Å². The zero-order valence-corrected chi connectivity index (χ0v) is 22.6. The van der Waals surface area contributed by atoms with Crippen molar-refractivity contribution in [1.29, 1.82) is 0 Å². The summed E-state index contributed by atoms with van der Waals surface area (Å²) in [5.74, 6) is 0.220. The van der Waals surface area contributed by atoms with E-state index >= 15 is 0 Å². The Labute approximate surface area is 220 Å². The van der Waals surface area contributed by atoms with Crippen molar-refractivity contribution in [2.24, 2.45) is 5.92 Å². The molecule has 2 unspecified atom stereocenters. The molecule has 1 fully saturated rings. The highest BCUT2D eigenvalue weighted by Gasteiger charge is 2.28. The number of nitrogens with one attached hydrogen (secondary N) is 3. The lowest BCUT2D eigenvalue weighted by atomic mass is 9.82. The number of hydrogen-bond acceptors (Lipinski definition) is 5. The van der Waals surface area contributed by atoms with Crippen molar-refractivity contribution in [3.63, 3.8) is 0 Å². The molecule has 1 aliphatic rings. The Hall–Kier alpha value is -3.07. The van der Waals surface area contributed by atoms with Gasteiger partial charge in [-0.2, -0.15) is 0 Å². The monoisotopic (exact) mass is 529 g/mol. The highest BCUT2D eigenvalue weighted by atomic mass is 32.2. The lowest BCUT2D eigenvalue weighted by Gasteiger charge is -2.31. The number of carbonyl (C=O) groups excluding carboxylic acids is 2. The number of anilines is 1. The van der Waals surface area contributed by atoms with E-state index in [0.717, 1.165) is 31.2 Å². The number of ether oxygens (including phenoxy) is 1. The molecule has 0 heterocycles.